The molecule has 3 aromatic carbocycles. The Hall–Kier alpha value is -2.84. The van der Waals surface area contributed by atoms with Gasteiger partial charge in [-0.1, -0.05) is 79.2 Å². The van der Waals surface area contributed by atoms with Crippen molar-refractivity contribution in [2.45, 2.75) is 20.3 Å². The third-order valence-electron chi connectivity index (χ3n) is 4.88. The molecule has 0 unspecified atom stereocenters. The van der Waals surface area contributed by atoms with Gasteiger partial charge in [0.25, 0.3) is 0 Å². The van der Waals surface area contributed by atoms with E-state index >= 15 is 0 Å². The van der Waals surface area contributed by atoms with Gasteiger partial charge in [0.2, 0.25) is 0 Å². The van der Waals surface area contributed by atoms with Crippen molar-refractivity contribution in [3.05, 3.63) is 101 Å². The van der Waals surface area contributed by atoms with Crippen molar-refractivity contribution in [2.75, 3.05) is 20.2 Å². The Morgan fingerprint density at radius 1 is 0.786 bits per heavy atom. The number of hydrogen-bond donors (Lipinski definition) is 1. The van der Waals surface area contributed by atoms with Crippen molar-refractivity contribution in [2.24, 2.45) is 0 Å². The average Bonchev–Trinajstić information content (AvgIpc) is 2.74. The highest BCUT2D eigenvalue weighted by atomic mass is 16.5. The van der Waals surface area contributed by atoms with Crippen molar-refractivity contribution in [3.8, 4) is 5.75 Å². The zero-order valence-electron chi connectivity index (χ0n) is 17.0. The highest BCUT2D eigenvalue weighted by molar-refractivity contribution is 5.98. The highest BCUT2D eigenvalue weighted by Crippen LogP contribution is 2.35. The highest BCUT2D eigenvalue weighted by Gasteiger charge is 2.13. The lowest BCUT2D eigenvalue weighted by atomic mass is 9.88. The van der Waals surface area contributed by atoms with E-state index < -0.39 is 0 Å². The summed E-state index contributed by atoms with van der Waals surface area (Å²) in [5, 5.41) is 3.10. The SMILES string of the molecule is CCC(=C(c1ccc(C)cc1)c1ccc(OCCNC)cc1)c1ccccc1. The van der Waals surface area contributed by atoms with E-state index in [4.69, 9.17) is 4.74 Å². The second-order valence-electron chi connectivity index (χ2n) is 6.92. The van der Waals surface area contributed by atoms with Gasteiger partial charge in [0.05, 0.1) is 0 Å². The molecule has 0 fully saturated rings. The van der Waals surface area contributed by atoms with Crippen LogP contribution in [0.3, 0.4) is 0 Å². The third-order valence-corrected chi connectivity index (χ3v) is 4.88. The summed E-state index contributed by atoms with van der Waals surface area (Å²) in [6.07, 6.45) is 0.966. The van der Waals surface area contributed by atoms with Crippen LogP contribution < -0.4 is 10.1 Å². The molecular formula is C26H29NO. The van der Waals surface area contributed by atoms with Crippen LogP contribution in [0.5, 0.6) is 5.75 Å². The molecule has 28 heavy (non-hydrogen) atoms. The van der Waals surface area contributed by atoms with Crippen LogP contribution in [-0.2, 0) is 0 Å². The van der Waals surface area contributed by atoms with E-state index in [0.717, 1.165) is 18.7 Å². The van der Waals surface area contributed by atoms with Crippen molar-refractivity contribution in [1.29, 1.82) is 0 Å². The summed E-state index contributed by atoms with van der Waals surface area (Å²) in [5.41, 5.74) is 7.65. The van der Waals surface area contributed by atoms with Crippen molar-refractivity contribution in [1.82, 2.24) is 5.32 Å². The molecule has 0 saturated heterocycles. The van der Waals surface area contributed by atoms with E-state index in [1.54, 1.807) is 0 Å². The Labute approximate surface area is 168 Å². The molecule has 0 heterocycles. The molecule has 1 N–H and O–H groups in total. The monoisotopic (exact) mass is 371 g/mol. The van der Waals surface area contributed by atoms with Crippen LogP contribution in [0.4, 0.5) is 0 Å². The van der Waals surface area contributed by atoms with Gasteiger partial charge >= 0.3 is 0 Å². The maximum Gasteiger partial charge on any atom is 0.119 e. The maximum absolute atomic E-state index is 5.80. The summed E-state index contributed by atoms with van der Waals surface area (Å²) in [5.74, 6) is 0.903. The molecule has 0 spiro atoms. The predicted octanol–water partition coefficient (Wildman–Crippen LogP) is 5.96. The van der Waals surface area contributed by atoms with Crippen LogP contribution in [0.15, 0.2) is 78.9 Å². The van der Waals surface area contributed by atoms with E-state index in [2.05, 4.69) is 98.0 Å². The number of hydrogen-bond acceptors (Lipinski definition) is 2. The van der Waals surface area contributed by atoms with E-state index in [9.17, 15) is 0 Å². The first kappa shape index (κ1) is 19.9. The maximum atomic E-state index is 5.80. The van der Waals surface area contributed by atoms with Crippen LogP contribution in [0, 0.1) is 6.92 Å². The summed E-state index contributed by atoms with van der Waals surface area (Å²) in [4.78, 5) is 0. The molecule has 0 radical (unpaired) electrons. The largest absolute Gasteiger partial charge is 0.492 e. The standard InChI is InChI=1S/C26H29NO/c1-4-25(21-8-6-5-7-9-21)26(22-12-10-20(2)11-13-22)23-14-16-24(17-15-23)28-19-18-27-3/h5-17,27H,4,18-19H2,1-3H3. The van der Waals surface area contributed by atoms with E-state index in [1.165, 1.54) is 33.4 Å². The van der Waals surface area contributed by atoms with Gasteiger partial charge in [-0.05, 0) is 60.4 Å². The summed E-state index contributed by atoms with van der Waals surface area (Å²) in [6, 6.07) is 28.0. The molecular weight excluding hydrogens is 342 g/mol. The van der Waals surface area contributed by atoms with E-state index in [-0.39, 0.29) is 0 Å². The molecule has 144 valence electrons. The minimum Gasteiger partial charge on any atom is -0.492 e. The minimum absolute atomic E-state index is 0.667. The average molecular weight is 372 g/mol. The molecule has 0 aliphatic carbocycles. The van der Waals surface area contributed by atoms with Gasteiger partial charge in [-0.15, -0.1) is 0 Å². The van der Waals surface area contributed by atoms with Crippen LogP contribution >= 0.6 is 0 Å². The Morgan fingerprint density at radius 2 is 1.39 bits per heavy atom. The van der Waals surface area contributed by atoms with Gasteiger partial charge < -0.3 is 10.1 Å². The zero-order valence-corrected chi connectivity index (χ0v) is 17.0. The lowest BCUT2D eigenvalue weighted by molar-refractivity contribution is 0.318. The quantitative estimate of drug-likeness (QED) is 0.389. The van der Waals surface area contributed by atoms with Crippen molar-refractivity contribution >= 4 is 11.1 Å². The molecule has 0 amide bonds. The summed E-state index contributed by atoms with van der Waals surface area (Å²) < 4.78 is 5.80. The lowest BCUT2D eigenvalue weighted by Crippen LogP contribution is -2.15. The van der Waals surface area contributed by atoms with Gasteiger partial charge in [0.1, 0.15) is 12.4 Å². The van der Waals surface area contributed by atoms with Gasteiger partial charge in [-0.2, -0.15) is 0 Å². The molecule has 0 bridgehead atoms. The molecule has 0 aromatic heterocycles. The van der Waals surface area contributed by atoms with Crippen LogP contribution in [0.2, 0.25) is 0 Å². The van der Waals surface area contributed by atoms with Gasteiger partial charge in [0, 0.05) is 6.54 Å². The Balaban J connectivity index is 2.06. The first-order valence-corrected chi connectivity index (χ1v) is 9.96. The Bertz CT molecular complexity index is 893. The fraction of sp³-hybridized carbons (Fsp3) is 0.231. The first-order chi connectivity index (χ1) is 13.7. The Morgan fingerprint density at radius 3 is 1.96 bits per heavy atom. The van der Waals surface area contributed by atoms with Crippen LogP contribution in [0.25, 0.3) is 11.1 Å². The first-order valence-electron chi connectivity index (χ1n) is 9.96. The lowest BCUT2D eigenvalue weighted by Gasteiger charge is -2.17. The zero-order chi connectivity index (χ0) is 19.8. The molecule has 0 aliphatic heterocycles. The Kier molecular flexibility index (Phi) is 7.05. The van der Waals surface area contributed by atoms with Gasteiger partial charge in [-0.3, -0.25) is 0 Å². The second kappa shape index (κ2) is 9.91. The van der Waals surface area contributed by atoms with Gasteiger partial charge in [0.15, 0.2) is 0 Å². The van der Waals surface area contributed by atoms with Gasteiger partial charge in [-0.25, -0.2) is 0 Å². The number of rotatable bonds is 8. The number of aryl methyl sites for hydroxylation is 1. The molecule has 2 heteroatoms. The molecule has 3 aromatic rings. The number of likely N-dealkylation sites (N-methyl/N-ethyl adjacent to an activating group) is 1. The number of allylic oxidation sites excluding steroid dienone is 1. The van der Waals surface area contributed by atoms with E-state index in [1.807, 2.05) is 7.05 Å². The number of ether oxygens (including phenoxy) is 1. The summed E-state index contributed by atoms with van der Waals surface area (Å²) in [7, 11) is 1.93. The normalized spacial score (nSPS) is 11.8. The fourth-order valence-electron chi connectivity index (χ4n) is 3.39. The third kappa shape index (κ3) is 4.90. The number of benzene rings is 3. The smallest absolute Gasteiger partial charge is 0.119 e. The summed E-state index contributed by atoms with van der Waals surface area (Å²) >= 11 is 0. The van der Waals surface area contributed by atoms with Crippen molar-refractivity contribution in [3.63, 3.8) is 0 Å². The van der Waals surface area contributed by atoms with Crippen LogP contribution in [-0.4, -0.2) is 20.2 Å². The fourth-order valence-corrected chi connectivity index (χ4v) is 3.39. The minimum atomic E-state index is 0.667. The molecule has 0 saturated carbocycles. The van der Waals surface area contributed by atoms with Crippen LogP contribution in [0.1, 0.15) is 35.6 Å². The molecule has 2 nitrogen and oxygen atoms in total. The number of nitrogens with one attached hydrogen (secondary N) is 1. The van der Waals surface area contributed by atoms with E-state index in [0.29, 0.717) is 6.61 Å². The topological polar surface area (TPSA) is 21.3 Å². The molecule has 0 atom stereocenters. The summed E-state index contributed by atoms with van der Waals surface area (Å²) in [6.45, 7) is 5.86. The van der Waals surface area contributed by atoms with Crippen molar-refractivity contribution < 1.29 is 4.74 Å². The molecule has 0 aliphatic rings. The predicted molar refractivity (Wildman–Crippen MR) is 120 cm³/mol. The second-order valence-corrected chi connectivity index (χ2v) is 6.92. The molecule has 3 rings (SSSR count).